The molecule has 1 rings (SSSR count). The molecule has 0 radical (unpaired) electrons. The third-order valence-electron chi connectivity index (χ3n) is 2.42. The van der Waals surface area contributed by atoms with E-state index in [0.717, 1.165) is 25.7 Å². The summed E-state index contributed by atoms with van der Waals surface area (Å²) in [5, 5.41) is 0. The van der Waals surface area contributed by atoms with Crippen LogP contribution in [0.4, 0.5) is 0 Å². The van der Waals surface area contributed by atoms with Gasteiger partial charge >= 0.3 is 5.97 Å². The average Bonchev–Trinajstić information content (AvgIpc) is 2.17. The summed E-state index contributed by atoms with van der Waals surface area (Å²) in [6.45, 7) is 0. The lowest BCUT2D eigenvalue weighted by Gasteiger charge is -2.25. The van der Waals surface area contributed by atoms with Gasteiger partial charge in [0.25, 0.3) is 0 Å². The molecule has 1 N–H and O–H groups in total. The van der Waals surface area contributed by atoms with Crippen LogP contribution in [0.1, 0.15) is 25.7 Å². The number of rotatable bonds is 2. The van der Waals surface area contributed by atoms with Crippen molar-refractivity contribution in [3.8, 4) is 0 Å². The van der Waals surface area contributed by atoms with E-state index in [1.807, 2.05) is 0 Å². The smallest absolute Gasteiger partial charge is 0.308 e. The Hall–Kier alpha value is -0.280. The lowest BCUT2D eigenvalue weighted by atomic mass is 9.86. The summed E-state index contributed by atoms with van der Waals surface area (Å²) in [5.74, 6) is 0.0132. The van der Waals surface area contributed by atoms with E-state index in [1.165, 1.54) is 7.11 Å². The van der Waals surface area contributed by atoms with Crippen LogP contribution >= 0.6 is 11.8 Å². The van der Waals surface area contributed by atoms with Crippen molar-refractivity contribution in [3.63, 3.8) is 0 Å². The molecule has 0 heterocycles. The number of ether oxygens (including phenoxy) is 1. The Morgan fingerprint density at radius 1 is 1.42 bits per heavy atom. The second kappa shape index (κ2) is 4.67. The molecule has 1 aliphatic carbocycles. The molecule has 3 nitrogen and oxygen atoms in total. The van der Waals surface area contributed by atoms with Gasteiger partial charge < -0.3 is 4.74 Å². The monoisotopic (exact) mass is 191 g/mol. The predicted molar refractivity (Wildman–Crippen MR) is 46.8 cm³/mol. The summed E-state index contributed by atoms with van der Waals surface area (Å²) in [4.78, 5) is 13.8. The molecule has 0 atom stereocenters. The van der Waals surface area contributed by atoms with Crippen molar-refractivity contribution in [1.29, 1.82) is 0 Å². The average molecular weight is 192 g/mol. The first kappa shape index (κ1) is 9.81. The molecule has 4 heteroatoms. The number of hydrogen-bond donors (Lipinski definition) is 1. The highest BCUT2D eigenvalue weighted by molar-refractivity contribution is 6.13. The Bertz CT molecular complexity index is 155. The minimum absolute atomic E-state index is 0.0805. The zero-order valence-electron chi connectivity index (χ0n) is 7.18. The van der Waals surface area contributed by atoms with Crippen LogP contribution in [0.2, 0.25) is 0 Å². The normalized spacial score (nSPS) is 29.8. The topological polar surface area (TPSA) is 38.3 Å². The Labute approximate surface area is 77.5 Å². The van der Waals surface area contributed by atoms with Crippen molar-refractivity contribution >= 4 is 17.7 Å². The second-order valence-corrected chi connectivity index (χ2v) is 3.40. The number of carbonyl (C=O) groups excluding carboxylic acids is 1. The molecule has 0 aliphatic heterocycles. The van der Waals surface area contributed by atoms with Crippen LogP contribution in [-0.2, 0) is 9.53 Å². The zero-order valence-corrected chi connectivity index (χ0v) is 7.93. The van der Waals surface area contributed by atoms with E-state index in [2.05, 4.69) is 9.57 Å². The summed E-state index contributed by atoms with van der Waals surface area (Å²) < 4.78 is 4.67. The van der Waals surface area contributed by atoms with E-state index in [0.29, 0.717) is 6.04 Å². The van der Waals surface area contributed by atoms with Crippen molar-refractivity contribution in [3.05, 3.63) is 0 Å². The number of halogens is 1. The van der Waals surface area contributed by atoms with Crippen LogP contribution in [0, 0.1) is 5.92 Å². The molecule has 1 aliphatic rings. The Morgan fingerprint density at radius 3 is 2.42 bits per heavy atom. The molecule has 0 bridgehead atoms. The van der Waals surface area contributed by atoms with Crippen molar-refractivity contribution in [1.82, 2.24) is 4.84 Å². The molecule has 0 amide bonds. The number of esters is 1. The summed E-state index contributed by atoms with van der Waals surface area (Å²) >= 11 is 5.48. The van der Waals surface area contributed by atoms with Crippen LogP contribution in [0.15, 0.2) is 0 Å². The molecule has 0 aromatic heterocycles. The highest BCUT2D eigenvalue weighted by Gasteiger charge is 2.26. The first-order valence-electron chi connectivity index (χ1n) is 4.22. The quantitative estimate of drug-likeness (QED) is 0.531. The minimum atomic E-state index is -0.0805. The van der Waals surface area contributed by atoms with E-state index in [-0.39, 0.29) is 11.9 Å². The highest BCUT2D eigenvalue weighted by Crippen LogP contribution is 2.25. The third-order valence-corrected chi connectivity index (χ3v) is 2.72. The summed E-state index contributed by atoms with van der Waals surface area (Å²) in [5.41, 5.74) is 0. The van der Waals surface area contributed by atoms with Gasteiger partial charge in [-0.15, -0.1) is 0 Å². The SMILES string of the molecule is COC(=O)C1CCC(NCl)CC1. The summed E-state index contributed by atoms with van der Waals surface area (Å²) in [6.07, 6.45) is 3.70. The zero-order chi connectivity index (χ0) is 8.97. The van der Waals surface area contributed by atoms with Gasteiger partial charge in [-0.25, -0.2) is 4.84 Å². The summed E-state index contributed by atoms with van der Waals surface area (Å²) in [6, 6.07) is 0.368. The maximum Gasteiger partial charge on any atom is 0.308 e. The molecule has 0 aromatic rings. The fourth-order valence-corrected chi connectivity index (χ4v) is 1.82. The summed E-state index contributed by atoms with van der Waals surface area (Å²) in [7, 11) is 1.44. The van der Waals surface area contributed by atoms with Gasteiger partial charge in [0.15, 0.2) is 0 Å². The van der Waals surface area contributed by atoms with Gasteiger partial charge in [-0.05, 0) is 37.5 Å². The van der Waals surface area contributed by atoms with Crippen molar-refractivity contribution in [2.45, 2.75) is 31.7 Å². The molecular formula is C8H14ClNO2. The molecule has 0 spiro atoms. The third kappa shape index (κ3) is 2.35. The van der Waals surface area contributed by atoms with E-state index in [4.69, 9.17) is 11.8 Å². The van der Waals surface area contributed by atoms with Gasteiger partial charge in [0.05, 0.1) is 13.0 Å². The first-order chi connectivity index (χ1) is 5.77. The molecule has 0 unspecified atom stereocenters. The Morgan fingerprint density at radius 2 is 2.00 bits per heavy atom. The van der Waals surface area contributed by atoms with E-state index in [1.54, 1.807) is 0 Å². The van der Waals surface area contributed by atoms with Crippen LogP contribution in [0.3, 0.4) is 0 Å². The highest BCUT2D eigenvalue weighted by atomic mass is 35.5. The van der Waals surface area contributed by atoms with Gasteiger partial charge in [-0.1, -0.05) is 0 Å². The molecule has 0 saturated heterocycles. The fourth-order valence-electron chi connectivity index (χ4n) is 1.60. The number of methoxy groups -OCH3 is 1. The molecule has 70 valence electrons. The van der Waals surface area contributed by atoms with Crippen LogP contribution in [-0.4, -0.2) is 19.1 Å². The molecule has 12 heavy (non-hydrogen) atoms. The molecular weight excluding hydrogens is 178 g/mol. The molecule has 0 aromatic carbocycles. The van der Waals surface area contributed by atoms with Gasteiger partial charge in [0.1, 0.15) is 0 Å². The van der Waals surface area contributed by atoms with Gasteiger partial charge in [0.2, 0.25) is 0 Å². The van der Waals surface area contributed by atoms with E-state index < -0.39 is 0 Å². The second-order valence-electron chi connectivity index (χ2n) is 3.18. The van der Waals surface area contributed by atoms with E-state index >= 15 is 0 Å². The van der Waals surface area contributed by atoms with Gasteiger partial charge in [-0.2, -0.15) is 0 Å². The van der Waals surface area contributed by atoms with Crippen LogP contribution in [0.5, 0.6) is 0 Å². The van der Waals surface area contributed by atoms with Crippen LogP contribution < -0.4 is 4.84 Å². The minimum Gasteiger partial charge on any atom is -0.469 e. The van der Waals surface area contributed by atoms with Crippen molar-refractivity contribution < 1.29 is 9.53 Å². The Balaban J connectivity index is 2.30. The number of nitrogens with one attached hydrogen (secondary N) is 1. The van der Waals surface area contributed by atoms with Gasteiger partial charge in [-0.3, -0.25) is 4.79 Å². The van der Waals surface area contributed by atoms with Crippen LogP contribution in [0.25, 0.3) is 0 Å². The maximum atomic E-state index is 11.1. The van der Waals surface area contributed by atoms with E-state index in [9.17, 15) is 4.79 Å². The predicted octanol–water partition coefficient (Wildman–Crippen LogP) is 1.46. The van der Waals surface area contributed by atoms with Crippen molar-refractivity contribution in [2.75, 3.05) is 7.11 Å². The maximum absolute atomic E-state index is 11.1. The Kier molecular flexibility index (Phi) is 3.82. The molecule has 1 saturated carbocycles. The largest absolute Gasteiger partial charge is 0.469 e. The first-order valence-corrected chi connectivity index (χ1v) is 4.59. The lowest BCUT2D eigenvalue weighted by molar-refractivity contribution is -0.146. The number of hydrogen-bond acceptors (Lipinski definition) is 3. The van der Waals surface area contributed by atoms with Crippen molar-refractivity contribution in [2.24, 2.45) is 5.92 Å². The number of carbonyl (C=O) groups is 1. The standard InChI is InChI=1S/C8H14ClNO2/c1-12-8(11)6-2-4-7(10-9)5-3-6/h6-7,10H,2-5H2,1H3. The van der Waals surface area contributed by atoms with Gasteiger partial charge in [0, 0.05) is 6.04 Å². The molecule has 1 fully saturated rings. The fraction of sp³-hybridized carbons (Fsp3) is 0.875. The lowest BCUT2D eigenvalue weighted by Crippen LogP contribution is -2.30.